The summed E-state index contributed by atoms with van der Waals surface area (Å²) in [6.07, 6.45) is 33.3. The minimum atomic E-state index is -2.29. The number of morpholine rings is 1. The largest absolute Gasteiger partial charge is 0.481 e. The van der Waals surface area contributed by atoms with Crippen LogP contribution in [-0.4, -0.2) is 76.0 Å². The second-order valence-corrected chi connectivity index (χ2v) is 19.4. The maximum absolute atomic E-state index is 14.1. The Labute approximate surface area is 403 Å². The van der Waals surface area contributed by atoms with Gasteiger partial charge in [0, 0.05) is 44.1 Å². The number of hydrogen-bond donors (Lipinski definition) is 3. The molecule has 0 aromatic carbocycles. The van der Waals surface area contributed by atoms with Gasteiger partial charge in [-0.2, -0.15) is 0 Å². The van der Waals surface area contributed by atoms with Crippen LogP contribution in [-0.2, 0) is 38.1 Å². The van der Waals surface area contributed by atoms with Crippen LogP contribution >= 0.6 is 0 Å². The number of aromatic nitrogens is 2. The molecule has 1 aromatic rings. The Kier molecular flexibility index (Phi) is 33.3. The van der Waals surface area contributed by atoms with Gasteiger partial charge in [0.15, 0.2) is 6.23 Å². The van der Waals surface area contributed by atoms with Crippen molar-refractivity contribution in [3.8, 4) is 0 Å². The molecule has 386 valence electrons. The van der Waals surface area contributed by atoms with E-state index in [4.69, 9.17) is 18.9 Å². The number of ether oxygens (including phenoxy) is 4. The van der Waals surface area contributed by atoms with E-state index in [-0.39, 0.29) is 38.1 Å². The first-order valence-corrected chi connectivity index (χ1v) is 26.9. The molecule has 0 saturated carbocycles. The second kappa shape index (κ2) is 37.4. The monoisotopic (exact) mass is 948 g/mol. The van der Waals surface area contributed by atoms with Crippen molar-refractivity contribution in [2.45, 2.75) is 270 Å². The topological polar surface area (TPSA) is 192 Å². The number of aliphatic carboxylic acids is 1. The van der Waals surface area contributed by atoms with Crippen LogP contribution in [0.25, 0.3) is 0 Å². The molecular formula is C53H93N3O11. The highest BCUT2D eigenvalue weighted by Crippen LogP contribution is 2.31. The molecule has 0 amide bonds. The van der Waals surface area contributed by atoms with Crippen molar-refractivity contribution in [3.63, 3.8) is 0 Å². The molecular weight excluding hydrogens is 855 g/mol. The SMILES string of the molecule is CCCCCCCCCCCCCCCCCC(=O)OCC(C)OC(=O)C(CC(=O)O)(C[C@H]1CNC[C@H](n2cc(C)c(=O)[nH]c2=O)O1)OC(=O)CCCCCCCCCCCCCCCCC. The molecule has 0 bridgehead atoms. The predicted molar refractivity (Wildman–Crippen MR) is 264 cm³/mol. The average molecular weight is 948 g/mol. The van der Waals surface area contributed by atoms with Crippen LogP contribution in [0.4, 0.5) is 0 Å². The number of carbonyl (C=O) groups excluding carboxylic acids is 3. The van der Waals surface area contributed by atoms with E-state index in [1.165, 1.54) is 153 Å². The minimum Gasteiger partial charge on any atom is -0.481 e. The van der Waals surface area contributed by atoms with E-state index in [0.29, 0.717) is 12.8 Å². The zero-order chi connectivity index (χ0) is 49.0. The summed E-state index contributed by atoms with van der Waals surface area (Å²) in [5, 5.41) is 13.3. The lowest BCUT2D eigenvalue weighted by Crippen LogP contribution is -2.54. The van der Waals surface area contributed by atoms with Gasteiger partial charge in [0.05, 0.1) is 12.5 Å². The van der Waals surface area contributed by atoms with Gasteiger partial charge in [-0.05, 0) is 26.7 Å². The van der Waals surface area contributed by atoms with Gasteiger partial charge in [-0.1, -0.05) is 194 Å². The van der Waals surface area contributed by atoms with Crippen LogP contribution in [0.2, 0.25) is 0 Å². The molecule has 3 N–H and O–H groups in total. The van der Waals surface area contributed by atoms with E-state index in [2.05, 4.69) is 24.1 Å². The van der Waals surface area contributed by atoms with Crippen molar-refractivity contribution in [1.82, 2.24) is 14.9 Å². The van der Waals surface area contributed by atoms with Gasteiger partial charge in [0.1, 0.15) is 12.7 Å². The summed E-state index contributed by atoms with van der Waals surface area (Å²) in [5.41, 5.74) is -3.23. The maximum atomic E-state index is 14.1. The summed E-state index contributed by atoms with van der Waals surface area (Å²) in [6, 6.07) is 0. The number of aromatic amines is 1. The third-order valence-corrected chi connectivity index (χ3v) is 12.9. The number of carboxylic acid groups (broad SMARTS) is 1. The van der Waals surface area contributed by atoms with E-state index in [0.717, 1.165) is 44.9 Å². The van der Waals surface area contributed by atoms with Crippen LogP contribution in [0, 0.1) is 6.92 Å². The molecule has 0 radical (unpaired) electrons. The van der Waals surface area contributed by atoms with Crippen molar-refractivity contribution in [1.29, 1.82) is 0 Å². The number of esters is 3. The second-order valence-electron chi connectivity index (χ2n) is 19.4. The highest BCUT2D eigenvalue weighted by Gasteiger charge is 2.49. The molecule has 67 heavy (non-hydrogen) atoms. The number of aryl methyl sites for hydroxylation is 1. The van der Waals surface area contributed by atoms with Crippen LogP contribution in [0.1, 0.15) is 251 Å². The molecule has 0 spiro atoms. The van der Waals surface area contributed by atoms with Crippen LogP contribution in [0.3, 0.4) is 0 Å². The number of nitrogens with zero attached hydrogens (tertiary/aromatic N) is 1. The first-order chi connectivity index (χ1) is 32.4. The minimum absolute atomic E-state index is 0.0160. The first kappa shape index (κ1) is 59.6. The summed E-state index contributed by atoms with van der Waals surface area (Å²) < 4.78 is 24.4. The number of unbranched alkanes of at least 4 members (excludes halogenated alkanes) is 28. The normalized spacial score (nSPS) is 16.3. The summed E-state index contributed by atoms with van der Waals surface area (Å²) in [5.74, 6) is -3.63. The van der Waals surface area contributed by atoms with Crippen molar-refractivity contribution < 1.29 is 43.2 Å². The van der Waals surface area contributed by atoms with Crippen molar-refractivity contribution >= 4 is 23.9 Å². The van der Waals surface area contributed by atoms with Crippen molar-refractivity contribution in [2.24, 2.45) is 0 Å². The van der Waals surface area contributed by atoms with E-state index < -0.39 is 72.0 Å². The van der Waals surface area contributed by atoms with Gasteiger partial charge in [0.25, 0.3) is 5.56 Å². The fourth-order valence-electron chi connectivity index (χ4n) is 8.89. The van der Waals surface area contributed by atoms with Gasteiger partial charge < -0.3 is 29.4 Å². The number of nitrogens with one attached hydrogen (secondary N) is 2. The molecule has 1 saturated heterocycles. The van der Waals surface area contributed by atoms with Gasteiger partial charge in [0.2, 0.25) is 5.60 Å². The number of rotatable bonds is 42. The standard InChI is InChI=1S/C53H93N3O11/c1-5-7-9-11-13-15-17-19-21-23-25-27-29-31-33-35-48(59)64-42-44(4)65-51(62)53(38-47(57)58,37-45-39-54-40-46(66-45)56-41-43(3)50(61)55-52(56)63)67-49(60)36-34-32-30-28-26-24-22-20-18-16-14-12-10-8-6-2/h41,44-46,54H,5-40,42H2,1-4H3,(H,57,58)(H,55,61,63)/t44?,45-,46+,53?/m0/s1. The molecule has 14 heteroatoms. The quantitative estimate of drug-likeness (QED) is 0.0320. The Morgan fingerprint density at radius 2 is 1.12 bits per heavy atom. The van der Waals surface area contributed by atoms with Gasteiger partial charge in [-0.3, -0.25) is 28.7 Å². The smallest absolute Gasteiger partial charge is 0.351 e. The molecule has 0 aliphatic carbocycles. The highest BCUT2D eigenvalue weighted by atomic mass is 16.6. The number of hydrogen-bond acceptors (Lipinski definition) is 11. The van der Waals surface area contributed by atoms with E-state index in [9.17, 15) is 33.9 Å². The molecule has 1 fully saturated rings. The number of H-pyrrole nitrogens is 1. The average Bonchev–Trinajstić information content (AvgIpc) is 3.29. The lowest BCUT2D eigenvalue weighted by Gasteiger charge is -2.37. The third kappa shape index (κ3) is 27.9. The lowest BCUT2D eigenvalue weighted by atomic mass is 9.91. The maximum Gasteiger partial charge on any atom is 0.351 e. The molecule has 2 rings (SSSR count). The molecule has 1 aromatic heterocycles. The summed E-state index contributed by atoms with van der Waals surface area (Å²) in [6.45, 7) is 7.64. The van der Waals surface area contributed by atoms with Crippen molar-refractivity contribution in [3.05, 3.63) is 32.6 Å². The van der Waals surface area contributed by atoms with Crippen LogP contribution < -0.4 is 16.6 Å². The summed E-state index contributed by atoms with van der Waals surface area (Å²) >= 11 is 0. The fourth-order valence-corrected chi connectivity index (χ4v) is 8.89. The zero-order valence-electron chi connectivity index (χ0n) is 42.4. The Balaban J connectivity index is 1.90. The Bertz CT molecular complexity index is 1610. The van der Waals surface area contributed by atoms with E-state index in [1.54, 1.807) is 6.92 Å². The van der Waals surface area contributed by atoms with Crippen LogP contribution in [0.5, 0.6) is 0 Å². The summed E-state index contributed by atoms with van der Waals surface area (Å²) in [7, 11) is 0. The lowest BCUT2D eigenvalue weighted by molar-refractivity contribution is -0.199. The molecule has 2 heterocycles. The molecule has 2 unspecified atom stereocenters. The number of carbonyl (C=O) groups is 4. The van der Waals surface area contributed by atoms with Crippen molar-refractivity contribution in [2.75, 3.05) is 19.7 Å². The number of carboxylic acids is 1. The third-order valence-electron chi connectivity index (χ3n) is 12.9. The predicted octanol–water partition coefficient (Wildman–Crippen LogP) is 11.5. The Hall–Kier alpha value is -3.52. The fraction of sp³-hybridized carbons (Fsp3) is 0.849. The van der Waals surface area contributed by atoms with Gasteiger partial charge in [-0.25, -0.2) is 9.59 Å². The molecule has 4 atom stereocenters. The van der Waals surface area contributed by atoms with Gasteiger partial charge in [-0.15, -0.1) is 0 Å². The first-order valence-electron chi connectivity index (χ1n) is 26.9. The highest BCUT2D eigenvalue weighted by molar-refractivity contribution is 5.88. The molecule has 14 nitrogen and oxygen atoms in total. The Morgan fingerprint density at radius 3 is 1.57 bits per heavy atom. The van der Waals surface area contributed by atoms with E-state index >= 15 is 0 Å². The molecule has 1 aliphatic rings. The Morgan fingerprint density at radius 1 is 0.687 bits per heavy atom. The van der Waals surface area contributed by atoms with Gasteiger partial charge >= 0.3 is 29.6 Å². The molecule has 1 aliphatic heterocycles. The van der Waals surface area contributed by atoms with Crippen LogP contribution in [0.15, 0.2) is 15.8 Å². The zero-order valence-corrected chi connectivity index (χ0v) is 42.4. The van der Waals surface area contributed by atoms with E-state index in [1.807, 2.05) is 0 Å². The summed E-state index contributed by atoms with van der Waals surface area (Å²) in [4.78, 5) is 79.7.